The number of hydrogen-bond acceptors (Lipinski definition) is 2. The number of nitrogens with one attached hydrogen (secondary N) is 1. The molecular formula is C20H21Br2NO2. The molecule has 0 spiro atoms. The zero-order chi connectivity index (χ0) is 17.6. The second-order valence-electron chi connectivity index (χ2n) is 6.24. The van der Waals surface area contributed by atoms with Gasteiger partial charge in [-0.15, -0.1) is 0 Å². The van der Waals surface area contributed by atoms with E-state index in [1.54, 1.807) is 0 Å². The Morgan fingerprint density at radius 1 is 1.16 bits per heavy atom. The summed E-state index contributed by atoms with van der Waals surface area (Å²) in [6.45, 7) is 0.709. The summed E-state index contributed by atoms with van der Waals surface area (Å²) in [4.78, 5) is 12.0. The first-order valence-corrected chi connectivity index (χ1v) is 10.2. The van der Waals surface area contributed by atoms with Gasteiger partial charge in [-0.25, -0.2) is 0 Å². The van der Waals surface area contributed by atoms with Gasteiger partial charge in [0, 0.05) is 11.0 Å². The summed E-state index contributed by atoms with van der Waals surface area (Å²) < 4.78 is 7.60. The number of halogens is 2. The predicted molar refractivity (Wildman–Crippen MR) is 109 cm³/mol. The minimum absolute atomic E-state index is 0.0275. The summed E-state index contributed by atoms with van der Waals surface area (Å²) >= 11 is 7.06. The van der Waals surface area contributed by atoms with Gasteiger partial charge in [-0.1, -0.05) is 39.7 Å². The lowest BCUT2D eigenvalue weighted by molar-refractivity contribution is -0.123. The zero-order valence-electron chi connectivity index (χ0n) is 14.0. The molecule has 0 saturated carbocycles. The fourth-order valence-electron chi connectivity index (χ4n) is 3.04. The van der Waals surface area contributed by atoms with E-state index < -0.39 is 0 Å². The molecule has 1 N–H and O–H groups in total. The fourth-order valence-corrected chi connectivity index (χ4v) is 4.03. The number of carbonyl (C=O) groups excluding carboxylic acids is 1. The molecule has 132 valence electrons. The molecule has 0 unspecified atom stereocenters. The van der Waals surface area contributed by atoms with E-state index in [0.717, 1.165) is 26.1 Å². The summed E-state index contributed by atoms with van der Waals surface area (Å²) in [5.74, 6) is 0.596. The number of hydrogen-bond donors (Lipinski definition) is 1. The first-order chi connectivity index (χ1) is 12.1. The van der Waals surface area contributed by atoms with Crippen molar-refractivity contribution in [3.63, 3.8) is 0 Å². The number of ether oxygens (including phenoxy) is 1. The molecule has 2 aromatic rings. The van der Waals surface area contributed by atoms with Crippen molar-refractivity contribution in [1.82, 2.24) is 5.32 Å². The molecule has 3 rings (SSSR count). The van der Waals surface area contributed by atoms with Crippen molar-refractivity contribution in [3.8, 4) is 5.75 Å². The molecule has 0 aliphatic heterocycles. The van der Waals surface area contributed by atoms with Gasteiger partial charge in [0.05, 0.1) is 4.47 Å². The van der Waals surface area contributed by atoms with Crippen LogP contribution in [0.5, 0.6) is 5.75 Å². The third-order valence-electron chi connectivity index (χ3n) is 4.39. The van der Waals surface area contributed by atoms with Gasteiger partial charge in [0.15, 0.2) is 6.61 Å². The average Bonchev–Trinajstić information content (AvgIpc) is 2.62. The molecule has 0 radical (unpaired) electrons. The maximum atomic E-state index is 12.0. The fraction of sp³-hybridized carbons (Fsp3) is 0.350. The quantitative estimate of drug-likeness (QED) is 0.550. The Labute approximate surface area is 165 Å². The zero-order valence-corrected chi connectivity index (χ0v) is 17.2. The Hall–Kier alpha value is -1.33. The minimum Gasteiger partial charge on any atom is -0.483 e. The van der Waals surface area contributed by atoms with E-state index in [1.807, 2.05) is 24.3 Å². The van der Waals surface area contributed by atoms with Crippen molar-refractivity contribution in [2.75, 3.05) is 13.2 Å². The Kier molecular flexibility index (Phi) is 6.54. The van der Waals surface area contributed by atoms with Gasteiger partial charge in [-0.3, -0.25) is 4.79 Å². The summed E-state index contributed by atoms with van der Waals surface area (Å²) in [7, 11) is 0. The normalized spacial score (nSPS) is 14.2. The maximum Gasteiger partial charge on any atom is 0.257 e. The summed E-state index contributed by atoms with van der Waals surface area (Å²) in [5, 5.41) is 5.11. The van der Waals surface area contributed by atoms with Crippen LogP contribution in [0.4, 0.5) is 0 Å². The highest BCUT2D eigenvalue weighted by molar-refractivity contribution is 9.11. The first-order valence-electron chi connectivity index (χ1n) is 8.58. The third kappa shape index (κ3) is 5.08. The average molecular weight is 467 g/mol. The molecule has 0 fully saturated rings. The molecule has 1 amide bonds. The second-order valence-corrected chi connectivity index (χ2v) is 7.95. The standard InChI is InChI=1S/C20H21Br2NO2/c21-16-7-8-17-15(12-16)6-9-18(20(17)22)25-13-19(24)23-11-10-14-4-2-1-3-5-14/h4,6-9,12H,1-3,5,10-11,13H2,(H,23,24). The summed E-state index contributed by atoms with van der Waals surface area (Å²) in [6, 6.07) is 9.95. The summed E-state index contributed by atoms with van der Waals surface area (Å²) in [6.07, 6.45) is 8.18. The largest absolute Gasteiger partial charge is 0.483 e. The third-order valence-corrected chi connectivity index (χ3v) is 5.70. The Balaban J connectivity index is 1.51. The smallest absolute Gasteiger partial charge is 0.257 e. The van der Waals surface area contributed by atoms with Crippen LogP contribution in [0, 0.1) is 0 Å². The number of carbonyl (C=O) groups is 1. The van der Waals surface area contributed by atoms with E-state index in [9.17, 15) is 4.79 Å². The van der Waals surface area contributed by atoms with Gasteiger partial charge in [-0.2, -0.15) is 0 Å². The van der Waals surface area contributed by atoms with Crippen molar-refractivity contribution in [1.29, 1.82) is 0 Å². The maximum absolute atomic E-state index is 12.0. The molecule has 0 atom stereocenters. The van der Waals surface area contributed by atoms with E-state index >= 15 is 0 Å². The lowest BCUT2D eigenvalue weighted by Crippen LogP contribution is -2.30. The molecule has 25 heavy (non-hydrogen) atoms. The highest BCUT2D eigenvalue weighted by Gasteiger charge is 2.10. The van der Waals surface area contributed by atoms with Crippen molar-refractivity contribution in [2.45, 2.75) is 32.1 Å². The highest BCUT2D eigenvalue weighted by Crippen LogP contribution is 2.34. The molecule has 0 aromatic heterocycles. The minimum atomic E-state index is -0.0841. The number of amides is 1. The van der Waals surface area contributed by atoms with Crippen LogP contribution in [0.1, 0.15) is 32.1 Å². The molecule has 1 aliphatic carbocycles. The van der Waals surface area contributed by atoms with Gasteiger partial charge in [0.25, 0.3) is 5.91 Å². The van der Waals surface area contributed by atoms with Crippen LogP contribution in [0.3, 0.4) is 0 Å². The Morgan fingerprint density at radius 3 is 2.84 bits per heavy atom. The van der Waals surface area contributed by atoms with E-state index in [1.165, 1.54) is 31.3 Å². The molecule has 0 saturated heterocycles. The molecule has 0 bridgehead atoms. The van der Waals surface area contributed by atoms with Crippen LogP contribution in [0.15, 0.2) is 50.9 Å². The topological polar surface area (TPSA) is 38.3 Å². The van der Waals surface area contributed by atoms with Gasteiger partial charge >= 0.3 is 0 Å². The second kappa shape index (κ2) is 8.86. The Bertz CT molecular complexity index is 802. The predicted octanol–water partition coefficient (Wildman–Crippen LogP) is 5.75. The molecule has 1 aliphatic rings. The summed E-state index contributed by atoms with van der Waals surface area (Å²) in [5.41, 5.74) is 1.47. The van der Waals surface area contributed by atoms with Crippen LogP contribution in [0.2, 0.25) is 0 Å². The lowest BCUT2D eigenvalue weighted by Gasteiger charge is -2.13. The number of rotatable bonds is 6. The number of fused-ring (bicyclic) bond motifs is 1. The monoisotopic (exact) mass is 465 g/mol. The lowest BCUT2D eigenvalue weighted by atomic mass is 9.97. The van der Waals surface area contributed by atoms with Crippen molar-refractivity contribution in [2.24, 2.45) is 0 Å². The van der Waals surface area contributed by atoms with Crippen LogP contribution in [-0.4, -0.2) is 19.1 Å². The molecule has 5 heteroatoms. The van der Waals surface area contributed by atoms with Crippen LogP contribution in [-0.2, 0) is 4.79 Å². The van der Waals surface area contributed by atoms with Gasteiger partial charge in [0.1, 0.15) is 5.75 Å². The van der Waals surface area contributed by atoms with Crippen LogP contribution < -0.4 is 10.1 Å². The van der Waals surface area contributed by atoms with Crippen molar-refractivity contribution in [3.05, 3.63) is 50.9 Å². The van der Waals surface area contributed by atoms with Gasteiger partial charge < -0.3 is 10.1 Å². The van der Waals surface area contributed by atoms with Gasteiger partial charge in [-0.05, 0) is 77.0 Å². The highest BCUT2D eigenvalue weighted by atomic mass is 79.9. The number of benzene rings is 2. The molecule has 0 heterocycles. The van der Waals surface area contributed by atoms with Crippen molar-refractivity contribution < 1.29 is 9.53 Å². The van der Waals surface area contributed by atoms with Gasteiger partial charge in [0.2, 0.25) is 0 Å². The molecular weight excluding hydrogens is 446 g/mol. The van der Waals surface area contributed by atoms with Crippen LogP contribution in [0.25, 0.3) is 10.8 Å². The first kappa shape index (κ1) is 18.5. The SMILES string of the molecule is O=C(COc1ccc2cc(Br)ccc2c1Br)NCCC1=CCCCC1. The van der Waals surface area contributed by atoms with E-state index in [4.69, 9.17) is 4.74 Å². The Morgan fingerprint density at radius 2 is 2.04 bits per heavy atom. The molecule has 2 aromatic carbocycles. The number of allylic oxidation sites excluding steroid dienone is 1. The van der Waals surface area contributed by atoms with Crippen LogP contribution >= 0.6 is 31.9 Å². The van der Waals surface area contributed by atoms with E-state index in [2.05, 4.69) is 49.3 Å². The van der Waals surface area contributed by atoms with E-state index in [0.29, 0.717) is 12.3 Å². The molecule has 3 nitrogen and oxygen atoms in total. The van der Waals surface area contributed by atoms with E-state index in [-0.39, 0.29) is 12.5 Å². The van der Waals surface area contributed by atoms with Crippen molar-refractivity contribution >= 4 is 48.5 Å².